The summed E-state index contributed by atoms with van der Waals surface area (Å²) in [6, 6.07) is 0. The molecule has 8 N–H and O–H groups in total. The number of quaternary nitrogens is 2. The lowest BCUT2D eigenvalue weighted by Crippen LogP contribution is -2.59. The van der Waals surface area contributed by atoms with Gasteiger partial charge in [-0.3, -0.25) is 0 Å². The van der Waals surface area contributed by atoms with Gasteiger partial charge < -0.3 is 32.1 Å². The number of carbonyl (C=O) groups excluding carboxylic acids is 2. The Morgan fingerprint density at radius 3 is 1.06 bits per heavy atom. The quantitative estimate of drug-likeness (QED) is 0.131. The highest BCUT2D eigenvalue weighted by Crippen LogP contribution is 2.50. The second kappa shape index (κ2) is 23.3. The third-order valence-electron chi connectivity index (χ3n) is 7.84. The highest BCUT2D eigenvalue weighted by molar-refractivity contribution is 5.84. The number of unbranched alkanes of at least 4 members (excludes halogenated alkanes) is 15. The monoisotopic (exact) mass is 502 g/mol. The number of carboxylic acids is 2. The topological polar surface area (TPSA) is 153 Å². The largest absolute Gasteiger partial charge is 0.550 e. The van der Waals surface area contributed by atoms with E-state index in [4.69, 9.17) is 0 Å². The molecule has 0 aromatic rings. The van der Waals surface area contributed by atoms with E-state index in [1.807, 2.05) is 0 Å². The lowest BCUT2D eigenvalue weighted by Gasteiger charge is -2.51. The predicted octanol–water partition coefficient (Wildman–Crippen LogP) is 7.48. The Hall–Kier alpha value is -1.14. The van der Waals surface area contributed by atoms with Gasteiger partial charge in [0, 0.05) is 22.8 Å². The first-order valence-corrected chi connectivity index (χ1v) is 14.2. The molecule has 0 aliphatic rings. The Balaban J connectivity index is -0.00000512. The summed E-state index contributed by atoms with van der Waals surface area (Å²) in [5, 5.41) is 25.2. The van der Waals surface area contributed by atoms with Crippen molar-refractivity contribution < 1.29 is 19.8 Å². The normalized spacial score (nSPS) is 12.9. The zero-order valence-electron chi connectivity index (χ0n) is 24.5. The molecule has 0 spiro atoms. The Labute approximate surface area is 217 Å². The summed E-state index contributed by atoms with van der Waals surface area (Å²) in [7, 11) is 0. The minimum atomic E-state index is -1.39. The van der Waals surface area contributed by atoms with Gasteiger partial charge in [0.2, 0.25) is 0 Å². The molecular weight excluding hydrogens is 440 g/mol. The van der Waals surface area contributed by atoms with Gasteiger partial charge in [-0.2, -0.15) is 0 Å². The smallest absolute Gasteiger partial charge is 0.0485 e. The van der Waals surface area contributed by atoms with E-state index in [-0.39, 0.29) is 12.3 Å². The maximum absolute atomic E-state index is 12.7. The number of hydrogen-bond acceptors (Lipinski definition) is 4. The molecule has 212 valence electrons. The minimum absolute atomic E-state index is 0. The van der Waals surface area contributed by atoms with Gasteiger partial charge in [0.1, 0.15) is 0 Å². The van der Waals surface area contributed by atoms with Crippen molar-refractivity contribution >= 4 is 11.9 Å². The van der Waals surface area contributed by atoms with Crippen LogP contribution in [0.5, 0.6) is 0 Å². The summed E-state index contributed by atoms with van der Waals surface area (Å²) in [4.78, 5) is 25.2. The first kappa shape index (κ1) is 38.4. The van der Waals surface area contributed by atoms with E-state index in [1.165, 1.54) is 38.5 Å². The van der Waals surface area contributed by atoms with Gasteiger partial charge in [-0.25, -0.2) is 0 Å². The van der Waals surface area contributed by atoms with Gasteiger partial charge in [-0.15, -0.1) is 0 Å². The van der Waals surface area contributed by atoms with Gasteiger partial charge in [0.15, 0.2) is 0 Å². The Bertz CT molecular complexity index is 497. The molecule has 0 aromatic carbocycles. The van der Waals surface area contributed by atoms with E-state index >= 15 is 0 Å². The zero-order chi connectivity index (χ0) is 25.0. The van der Waals surface area contributed by atoms with Crippen LogP contribution in [0.2, 0.25) is 0 Å². The third kappa shape index (κ3) is 14.3. The second-order valence-corrected chi connectivity index (χ2v) is 10.5. The van der Waals surface area contributed by atoms with Crippen LogP contribution < -0.4 is 22.5 Å². The zero-order valence-corrected chi connectivity index (χ0v) is 24.5. The van der Waals surface area contributed by atoms with E-state index in [2.05, 4.69) is 20.8 Å². The van der Waals surface area contributed by atoms with Crippen molar-refractivity contribution in [3.05, 3.63) is 0 Å². The molecule has 0 aliphatic heterocycles. The van der Waals surface area contributed by atoms with Gasteiger partial charge in [0.25, 0.3) is 0 Å². The Morgan fingerprint density at radius 2 is 0.771 bits per heavy atom. The summed E-state index contributed by atoms with van der Waals surface area (Å²) in [5.74, 6) is -2.39. The molecule has 0 saturated carbocycles. The molecule has 6 nitrogen and oxygen atoms in total. The molecular formula is C29H62N2O4. The van der Waals surface area contributed by atoms with Gasteiger partial charge >= 0.3 is 0 Å². The van der Waals surface area contributed by atoms with Gasteiger partial charge in [-0.1, -0.05) is 143 Å². The molecule has 0 saturated heterocycles. The Kier molecular flexibility index (Phi) is 25.5. The molecule has 1 atom stereocenters. The van der Waals surface area contributed by atoms with Crippen molar-refractivity contribution in [1.29, 1.82) is 0 Å². The van der Waals surface area contributed by atoms with E-state index in [0.29, 0.717) is 19.3 Å². The summed E-state index contributed by atoms with van der Waals surface area (Å²) < 4.78 is 0. The van der Waals surface area contributed by atoms with Crippen molar-refractivity contribution in [2.45, 2.75) is 163 Å². The first-order chi connectivity index (χ1) is 15.8. The summed E-state index contributed by atoms with van der Waals surface area (Å²) in [6.45, 7) is 8.16. The summed E-state index contributed by atoms with van der Waals surface area (Å²) >= 11 is 0. The fourth-order valence-electron chi connectivity index (χ4n) is 5.32. The fraction of sp³-hybridized carbons (Fsp3) is 0.931. The standard InChI is InChI=1S/C29H56O4.2H3N/c1-5-8-11-14-17-20-23-28(4,26(30)31)29(27(32)33,24-21-18-15-12-9-6-2)25-22-19-16-13-10-7-3;;/h5-25H2,1-4H3,(H,30,31)(H,32,33);2*1H3. The number of carbonyl (C=O) groups is 2. The van der Waals surface area contributed by atoms with Crippen LogP contribution in [0.25, 0.3) is 0 Å². The molecule has 0 fully saturated rings. The highest BCUT2D eigenvalue weighted by Gasteiger charge is 2.49. The predicted molar refractivity (Wildman–Crippen MR) is 147 cm³/mol. The van der Waals surface area contributed by atoms with Crippen LogP contribution in [0.1, 0.15) is 163 Å². The van der Waals surface area contributed by atoms with Crippen LogP contribution in [0.15, 0.2) is 0 Å². The molecule has 0 heterocycles. The van der Waals surface area contributed by atoms with Crippen molar-refractivity contribution in [3.63, 3.8) is 0 Å². The first-order valence-electron chi connectivity index (χ1n) is 14.2. The van der Waals surface area contributed by atoms with E-state index in [9.17, 15) is 19.8 Å². The molecule has 0 radical (unpaired) electrons. The van der Waals surface area contributed by atoms with E-state index in [1.54, 1.807) is 6.92 Å². The van der Waals surface area contributed by atoms with Crippen LogP contribution in [0.3, 0.4) is 0 Å². The highest BCUT2D eigenvalue weighted by atomic mass is 16.4. The fourth-order valence-corrected chi connectivity index (χ4v) is 5.32. The SMILES string of the molecule is CCCCCCCCC(C)(C(=O)[O-])C(CCCCCCCC)(CCCCCCCC)C(=O)[O-].[NH4+].[NH4+]. The van der Waals surface area contributed by atoms with E-state index < -0.39 is 22.8 Å². The van der Waals surface area contributed by atoms with Crippen LogP contribution in [0, 0.1) is 10.8 Å². The van der Waals surface area contributed by atoms with Crippen molar-refractivity contribution in [2.75, 3.05) is 0 Å². The molecule has 0 amide bonds. The average Bonchev–Trinajstić information content (AvgIpc) is 2.78. The Morgan fingerprint density at radius 1 is 0.486 bits per heavy atom. The summed E-state index contributed by atoms with van der Waals surface area (Å²) in [6.07, 6.45) is 20.0. The number of rotatable bonds is 24. The number of aliphatic carboxylic acids is 2. The molecule has 0 aromatic heterocycles. The average molecular weight is 503 g/mol. The van der Waals surface area contributed by atoms with Gasteiger partial charge in [-0.05, 0) is 19.3 Å². The lowest BCUT2D eigenvalue weighted by molar-refractivity contribution is -0.346. The van der Waals surface area contributed by atoms with Crippen LogP contribution in [-0.2, 0) is 9.59 Å². The minimum Gasteiger partial charge on any atom is -0.550 e. The van der Waals surface area contributed by atoms with Crippen LogP contribution >= 0.6 is 0 Å². The molecule has 0 rings (SSSR count). The van der Waals surface area contributed by atoms with E-state index in [0.717, 1.165) is 77.0 Å². The van der Waals surface area contributed by atoms with Crippen molar-refractivity contribution in [3.8, 4) is 0 Å². The van der Waals surface area contributed by atoms with Crippen molar-refractivity contribution in [1.82, 2.24) is 12.3 Å². The second-order valence-electron chi connectivity index (χ2n) is 10.5. The van der Waals surface area contributed by atoms with Gasteiger partial charge in [0.05, 0.1) is 0 Å². The maximum atomic E-state index is 12.7. The molecule has 6 heteroatoms. The summed E-state index contributed by atoms with van der Waals surface area (Å²) in [5.41, 5.74) is -2.73. The van der Waals surface area contributed by atoms with Crippen LogP contribution in [0.4, 0.5) is 0 Å². The molecule has 0 bridgehead atoms. The molecule has 1 unspecified atom stereocenters. The molecule has 0 aliphatic carbocycles. The molecule has 35 heavy (non-hydrogen) atoms. The number of hydrogen-bond donors (Lipinski definition) is 2. The lowest BCUT2D eigenvalue weighted by atomic mass is 9.57. The third-order valence-corrected chi connectivity index (χ3v) is 7.84. The van der Waals surface area contributed by atoms with Crippen molar-refractivity contribution in [2.24, 2.45) is 10.8 Å². The van der Waals surface area contributed by atoms with Crippen LogP contribution in [-0.4, -0.2) is 11.9 Å². The maximum Gasteiger partial charge on any atom is 0.0485 e. The number of carboxylic acid groups (broad SMARTS) is 2.